The SMILES string of the molecule is CC(C)CNc1cc(Br)nc(C(C)(C)C)n1. The molecule has 0 aliphatic carbocycles. The number of nitrogens with zero attached hydrogens (tertiary/aromatic N) is 2. The lowest BCUT2D eigenvalue weighted by molar-refractivity contribution is 0.543. The molecule has 0 atom stereocenters. The summed E-state index contributed by atoms with van der Waals surface area (Å²) < 4.78 is 0.832. The van der Waals surface area contributed by atoms with Gasteiger partial charge in [0.25, 0.3) is 0 Å². The highest BCUT2D eigenvalue weighted by atomic mass is 79.9. The molecule has 0 fully saturated rings. The first-order valence-corrected chi connectivity index (χ1v) is 6.37. The molecule has 1 heterocycles. The molecule has 0 saturated heterocycles. The number of halogens is 1. The van der Waals surface area contributed by atoms with E-state index in [4.69, 9.17) is 0 Å². The quantitative estimate of drug-likeness (QED) is 0.863. The maximum Gasteiger partial charge on any atom is 0.137 e. The summed E-state index contributed by atoms with van der Waals surface area (Å²) in [6, 6.07) is 1.91. The second kappa shape index (κ2) is 5.13. The maximum atomic E-state index is 4.52. The van der Waals surface area contributed by atoms with Gasteiger partial charge in [-0.3, -0.25) is 0 Å². The van der Waals surface area contributed by atoms with Crippen LogP contribution in [0, 0.1) is 5.92 Å². The fraction of sp³-hybridized carbons (Fsp3) is 0.667. The molecule has 0 saturated carbocycles. The van der Waals surface area contributed by atoms with Gasteiger partial charge in [0.1, 0.15) is 16.2 Å². The monoisotopic (exact) mass is 285 g/mol. The highest BCUT2D eigenvalue weighted by molar-refractivity contribution is 9.10. The Bertz CT molecular complexity index is 356. The topological polar surface area (TPSA) is 37.8 Å². The number of aromatic nitrogens is 2. The van der Waals surface area contributed by atoms with Gasteiger partial charge in [-0.05, 0) is 21.8 Å². The first-order chi connectivity index (χ1) is 7.29. The molecule has 0 aliphatic rings. The van der Waals surface area contributed by atoms with Gasteiger partial charge in [0.05, 0.1) is 0 Å². The molecule has 4 heteroatoms. The predicted molar refractivity (Wildman–Crippen MR) is 71.8 cm³/mol. The Labute approximate surface area is 106 Å². The zero-order chi connectivity index (χ0) is 12.3. The van der Waals surface area contributed by atoms with E-state index >= 15 is 0 Å². The lowest BCUT2D eigenvalue weighted by Crippen LogP contribution is -2.18. The average Bonchev–Trinajstić information content (AvgIpc) is 2.12. The van der Waals surface area contributed by atoms with Crippen molar-refractivity contribution in [2.24, 2.45) is 5.92 Å². The minimum absolute atomic E-state index is 0.0297. The number of anilines is 1. The zero-order valence-corrected chi connectivity index (χ0v) is 12.2. The van der Waals surface area contributed by atoms with E-state index in [0.29, 0.717) is 5.92 Å². The number of hydrogen-bond donors (Lipinski definition) is 1. The third-order valence-electron chi connectivity index (χ3n) is 2.06. The lowest BCUT2D eigenvalue weighted by atomic mass is 9.96. The predicted octanol–water partition coefficient (Wildman–Crippen LogP) is 3.60. The molecule has 1 aromatic rings. The van der Waals surface area contributed by atoms with Gasteiger partial charge in [0.2, 0.25) is 0 Å². The van der Waals surface area contributed by atoms with Gasteiger partial charge in [-0.1, -0.05) is 34.6 Å². The molecule has 0 spiro atoms. The third-order valence-corrected chi connectivity index (χ3v) is 2.46. The Morgan fingerprint density at radius 2 is 1.94 bits per heavy atom. The van der Waals surface area contributed by atoms with Crippen LogP contribution in [-0.4, -0.2) is 16.5 Å². The van der Waals surface area contributed by atoms with Gasteiger partial charge in [0.15, 0.2) is 0 Å². The maximum absolute atomic E-state index is 4.52. The average molecular weight is 286 g/mol. The molecule has 1 aromatic heterocycles. The van der Waals surface area contributed by atoms with Gasteiger partial charge in [-0.2, -0.15) is 0 Å². The number of rotatable bonds is 3. The summed E-state index contributed by atoms with van der Waals surface area (Å²) in [6.07, 6.45) is 0. The van der Waals surface area contributed by atoms with E-state index < -0.39 is 0 Å². The van der Waals surface area contributed by atoms with Crippen LogP contribution < -0.4 is 5.32 Å². The molecule has 0 bridgehead atoms. The lowest BCUT2D eigenvalue weighted by Gasteiger charge is -2.18. The van der Waals surface area contributed by atoms with Crippen LogP contribution in [0.2, 0.25) is 0 Å². The molecule has 0 aromatic carbocycles. The van der Waals surface area contributed by atoms with Crippen molar-refractivity contribution in [3.05, 3.63) is 16.5 Å². The first kappa shape index (κ1) is 13.4. The van der Waals surface area contributed by atoms with Crippen molar-refractivity contribution in [1.29, 1.82) is 0 Å². The van der Waals surface area contributed by atoms with Crippen LogP contribution in [-0.2, 0) is 5.41 Å². The third kappa shape index (κ3) is 4.08. The van der Waals surface area contributed by atoms with Crippen LogP contribution in [0.3, 0.4) is 0 Å². The van der Waals surface area contributed by atoms with E-state index in [1.54, 1.807) is 0 Å². The molecule has 0 amide bonds. The van der Waals surface area contributed by atoms with Gasteiger partial charge in [-0.25, -0.2) is 9.97 Å². The molecule has 1 N–H and O–H groups in total. The van der Waals surface area contributed by atoms with E-state index in [9.17, 15) is 0 Å². The Balaban J connectivity index is 2.90. The second-order valence-electron chi connectivity index (χ2n) is 5.42. The minimum Gasteiger partial charge on any atom is -0.370 e. The van der Waals surface area contributed by atoms with Gasteiger partial charge in [-0.15, -0.1) is 0 Å². The summed E-state index contributed by atoms with van der Waals surface area (Å²) in [6.45, 7) is 11.6. The van der Waals surface area contributed by atoms with Crippen molar-refractivity contribution in [3.8, 4) is 0 Å². The molecular formula is C12H20BrN3. The van der Waals surface area contributed by atoms with Crippen molar-refractivity contribution in [1.82, 2.24) is 9.97 Å². The smallest absolute Gasteiger partial charge is 0.137 e. The van der Waals surface area contributed by atoms with Crippen LogP contribution in [0.15, 0.2) is 10.7 Å². The Kier molecular flexibility index (Phi) is 4.30. The van der Waals surface area contributed by atoms with Crippen molar-refractivity contribution < 1.29 is 0 Å². The summed E-state index contributed by atoms with van der Waals surface area (Å²) in [7, 11) is 0. The zero-order valence-electron chi connectivity index (χ0n) is 10.6. The van der Waals surface area contributed by atoms with Crippen molar-refractivity contribution in [2.75, 3.05) is 11.9 Å². The van der Waals surface area contributed by atoms with E-state index in [1.807, 2.05) is 6.07 Å². The summed E-state index contributed by atoms with van der Waals surface area (Å²) in [5.74, 6) is 2.35. The van der Waals surface area contributed by atoms with Crippen LogP contribution >= 0.6 is 15.9 Å². The Morgan fingerprint density at radius 1 is 1.31 bits per heavy atom. The highest BCUT2D eigenvalue weighted by Crippen LogP contribution is 2.22. The summed E-state index contributed by atoms with van der Waals surface area (Å²) >= 11 is 3.42. The summed E-state index contributed by atoms with van der Waals surface area (Å²) in [5.41, 5.74) is -0.0297. The highest BCUT2D eigenvalue weighted by Gasteiger charge is 2.18. The Hall–Kier alpha value is -0.640. The summed E-state index contributed by atoms with van der Waals surface area (Å²) in [4.78, 5) is 8.92. The molecule has 1 rings (SSSR count). The van der Waals surface area contributed by atoms with E-state index in [-0.39, 0.29) is 5.41 Å². The fourth-order valence-corrected chi connectivity index (χ4v) is 1.54. The van der Waals surface area contributed by atoms with E-state index in [0.717, 1.165) is 22.8 Å². The van der Waals surface area contributed by atoms with Gasteiger partial charge < -0.3 is 5.32 Å². The normalized spacial score (nSPS) is 11.9. The van der Waals surface area contributed by atoms with Crippen LogP contribution in [0.5, 0.6) is 0 Å². The molecule has 90 valence electrons. The summed E-state index contributed by atoms with van der Waals surface area (Å²) in [5, 5.41) is 3.32. The van der Waals surface area contributed by atoms with Crippen LogP contribution in [0.1, 0.15) is 40.4 Å². The Morgan fingerprint density at radius 3 is 2.44 bits per heavy atom. The number of hydrogen-bond acceptors (Lipinski definition) is 3. The van der Waals surface area contributed by atoms with Gasteiger partial charge >= 0.3 is 0 Å². The fourth-order valence-electron chi connectivity index (χ4n) is 1.15. The van der Waals surface area contributed by atoms with E-state index in [2.05, 4.69) is 65.8 Å². The minimum atomic E-state index is -0.0297. The van der Waals surface area contributed by atoms with Crippen molar-refractivity contribution in [3.63, 3.8) is 0 Å². The molecule has 3 nitrogen and oxygen atoms in total. The largest absolute Gasteiger partial charge is 0.370 e. The van der Waals surface area contributed by atoms with E-state index in [1.165, 1.54) is 0 Å². The van der Waals surface area contributed by atoms with Crippen molar-refractivity contribution in [2.45, 2.75) is 40.0 Å². The van der Waals surface area contributed by atoms with Crippen LogP contribution in [0.25, 0.3) is 0 Å². The molecule has 0 radical (unpaired) electrons. The standard InChI is InChI=1S/C12H20BrN3/c1-8(2)7-14-10-6-9(13)15-11(16-10)12(3,4)5/h6,8H,7H2,1-5H3,(H,14,15,16). The number of nitrogens with one attached hydrogen (secondary N) is 1. The van der Waals surface area contributed by atoms with Crippen LogP contribution in [0.4, 0.5) is 5.82 Å². The molecule has 16 heavy (non-hydrogen) atoms. The first-order valence-electron chi connectivity index (χ1n) is 5.58. The van der Waals surface area contributed by atoms with Gasteiger partial charge in [0, 0.05) is 18.0 Å². The second-order valence-corrected chi connectivity index (χ2v) is 6.24. The molecular weight excluding hydrogens is 266 g/mol. The molecule has 0 unspecified atom stereocenters. The molecule has 0 aliphatic heterocycles. The van der Waals surface area contributed by atoms with Crippen molar-refractivity contribution >= 4 is 21.7 Å².